The molecular formula is C41H28O5. The first-order valence-electron chi connectivity index (χ1n) is 14.8. The highest BCUT2D eigenvalue weighted by molar-refractivity contribution is 6.14. The van der Waals surface area contributed by atoms with E-state index in [0.717, 1.165) is 22.3 Å². The number of ketones is 1. The zero-order valence-electron chi connectivity index (χ0n) is 24.6. The number of benzene rings is 4. The van der Waals surface area contributed by atoms with Gasteiger partial charge in [-0.2, -0.15) is 0 Å². The predicted molar refractivity (Wildman–Crippen MR) is 180 cm³/mol. The topological polar surface area (TPSA) is 76.0 Å². The normalized spacial score (nSPS) is 16.2. The number of carbonyl (C=O) groups is 1. The first-order chi connectivity index (χ1) is 22.5. The van der Waals surface area contributed by atoms with E-state index in [2.05, 4.69) is 0 Å². The Morgan fingerprint density at radius 1 is 0.413 bits per heavy atom. The molecule has 0 saturated carbocycles. The van der Waals surface area contributed by atoms with E-state index in [9.17, 15) is 15.0 Å². The van der Waals surface area contributed by atoms with Crippen molar-refractivity contribution < 1.29 is 24.5 Å². The van der Waals surface area contributed by atoms with Crippen molar-refractivity contribution >= 4 is 28.8 Å². The fourth-order valence-corrected chi connectivity index (χ4v) is 5.41. The average Bonchev–Trinajstić information content (AvgIpc) is 3.31. The fourth-order valence-electron chi connectivity index (χ4n) is 5.41. The van der Waals surface area contributed by atoms with Crippen molar-refractivity contribution in [2.75, 3.05) is 0 Å². The molecule has 0 atom stereocenters. The number of hydrogen-bond donors (Lipinski definition) is 2. The Kier molecular flexibility index (Phi) is 7.63. The molecule has 222 valence electrons. The second-order valence-electron chi connectivity index (χ2n) is 10.8. The molecule has 1 aliphatic carbocycles. The number of ether oxygens (including phenoxy) is 2. The van der Waals surface area contributed by atoms with Crippen LogP contribution in [-0.4, -0.2) is 16.0 Å². The van der Waals surface area contributed by atoms with Gasteiger partial charge in [0.15, 0.2) is 5.76 Å². The lowest BCUT2D eigenvalue weighted by Gasteiger charge is -2.19. The van der Waals surface area contributed by atoms with Gasteiger partial charge in [-0.25, -0.2) is 0 Å². The van der Waals surface area contributed by atoms with E-state index in [1.54, 1.807) is 12.2 Å². The molecule has 46 heavy (non-hydrogen) atoms. The molecule has 2 N–H and O–H groups in total. The second-order valence-corrected chi connectivity index (χ2v) is 10.8. The molecule has 0 aromatic heterocycles. The summed E-state index contributed by atoms with van der Waals surface area (Å²) in [6, 6.07) is 38.6. The maximum Gasteiger partial charge on any atom is 0.231 e. The predicted octanol–water partition coefficient (Wildman–Crippen LogP) is 9.27. The minimum atomic E-state index is -0.667. The van der Waals surface area contributed by atoms with Gasteiger partial charge in [0.25, 0.3) is 0 Å². The van der Waals surface area contributed by atoms with Crippen molar-refractivity contribution in [3.05, 3.63) is 214 Å². The summed E-state index contributed by atoms with van der Waals surface area (Å²) in [6.07, 6.45) is 10.4. The van der Waals surface area contributed by atoms with Crippen LogP contribution in [0.3, 0.4) is 0 Å². The highest BCUT2D eigenvalue weighted by Crippen LogP contribution is 2.37. The molecule has 5 nitrogen and oxygen atoms in total. The summed E-state index contributed by atoms with van der Waals surface area (Å²) in [6.45, 7) is 0. The summed E-state index contributed by atoms with van der Waals surface area (Å²) in [5, 5.41) is 22.4. The molecule has 0 unspecified atom stereocenters. The van der Waals surface area contributed by atoms with Gasteiger partial charge in [-0.15, -0.1) is 0 Å². The van der Waals surface area contributed by atoms with E-state index in [4.69, 9.17) is 9.47 Å². The smallest absolute Gasteiger partial charge is 0.231 e. The first kappa shape index (κ1) is 28.4. The molecule has 0 spiro atoms. The third kappa shape index (κ3) is 5.77. The minimum Gasteiger partial charge on any atom is -0.506 e. The Balaban J connectivity index is 1.30. The maximum absolute atomic E-state index is 13.4. The van der Waals surface area contributed by atoms with Crippen LogP contribution in [0, 0.1) is 0 Å². The molecule has 0 bridgehead atoms. The molecule has 0 amide bonds. The lowest BCUT2D eigenvalue weighted by Crippen LogP contribution is -2.03. The zero-order chi connectivity index (χ0) is 31.5. The summed E-state index contributed by atoms with van der Waals surface area (Å²) in [4.78, 5) is 13.4. The number of aliphatic hydroxyl groups is 2. The Hall–Kier alpha value is -6.33. The van der Waals surface area contributed by atoms with Gasteiger partial charge in [-0.1, -0.05) is 121 Å². The van der Waals surface area contributed by atoms with Crippen LogP contribution in [0.5, 0.6) is 0 Å². The van der Waals surface area contributed by atoms with Gasteiger partial charge in [-0.05, 0) is 47.6 Å². The molecule has 5 heteroatoms. The molecule has 0 saturated heterocycles. The molecule has 2 aliphatic heterocycles. The number of aliphatic hydroxyl groups excluding tert-OH is 2. The summed E-state index contributed by atoms with van der Waals surface area (Å²) in [5.41, 5.74) is 4.74. The minimum absolute atomic E-state index is 0.0137. The summed E-state index contributed by atoms with van der Waals surface area (Å²) < 4.78 is 12.5. The van der Waals surface area contributed by atoms with E-state index in [-0.39, 0.29) is 16.9 Å². The molecule has 2 heterocycles. The van der Waals surface area contributed by atoms with Crippen LogP contribution in [0.2, 0.25) is 0 Å². The number of rotatable bonds is 6. The fraction of sp³-hybridized carbons (Fsp3) is 0. The van der Waals surface area contributed by atoms with E-state index in [1.807, 2.05) is 146 Å². The molecule has 0 radical (unpaired) electrons. The van der Waals surface area contributed by atoms with Crippen molar-refractivity contribution in [2.45, 2.75) is 0 Å². The van der Waals surface area contributed by atoms with Crippen LogP contribution in [-0.2, 0) is 14.3 Å². The van der Waals surface area contributed by atoms with Crippen molar-refractivity contribution in [2.24, 2.45) is 0 Å². The van der Waals surface area contributed by atoms with Gasteiger partial charge in [-0.3, -0.25) is 4.79 Å². The summed E-state index contributed by atoms with van der Waals surface area (Å²) in [7, 11) is 0. The summed E-state index contributed by atoms with van der Waals surface area (Å²) in [5.74, 6) is 0.883. The molecular weight excluding hydrogens is 572 g/mol. The van der Waals surface area contributed by atoms with Crippen molar-refractivity contribution in [3.8, 4) is 0 Å². The third-order valence-electron chi connectivity index (χ3n) is 7.71. The lowest BCUT2D eigenvalue weighted by atomic mass is 10.0. The van der Waals surface area contributed by atoms with Crippen LogP contribution in [0.15, 0.2) is 192 Å². The zero-order valence-corrected chi connectivity index (χ0v) is 24.6. The molecule has 3 aliphatic rings. The number of allylic oxidation sites excluding steroid dienone is 9. The Morgan fingerprint density at radius 3 is 1.04 bits per heavy atom. The lowest BCUT2D eigenvalue weighted by molar-refractivity contribution is -0.114. The number of carbonyl (C=O) groups excluding carboxylic acids is 1. The Labute approximate surface area is 266 Å². The van der Waals surface area contributed by atoms with Crippen LogP contribution in [0.1, 0.15) is 22.3 Å². The van der Waals surface area contributed by atoms with Gasteiger partial charge < -0.3 is 19.7 Å². The quantitative estimate of drug-likeness (QED) is 0.231. The van der Waals surface area contributed by atoms with Crippen molar-refractivity contribution in [3.63, 3.8) is 0 Å². The first-order valence-corrected chi connectivity index (χ1v) is 14.8. The monoisotopic (exact) mass is 600 g/mol. The number of hydrogen-bond acceptors (Lipinski definition) is 5. The van der Waals surface area contributed by atoms with Gasteiger partial charge in [0.1, 0.15) is 28.8 Å². The SMILES string of the molecule is O=C1C(O)=C(C=C2C=C(c3ccccc3)OC(c3ccccc3)=C2)C(O)=C1C=C1C=C(c2ccccc2)OC(c2ccccc2)=C1. The summed E-state index contributed by atoms with van der Waals surface area (Å²) >= 11 is 0. The average molecular weight is 601 g/mol. The van der Waals surface area contributed by atoms with Crippen molar-refractivity contribution in [1.82, 2.24) is 0 Å². The molecule has 7 rings (SSSR count). The van der Waals surface area contributed by atoms with Gasteiger partial charge in [0.2, 0.25) is 5.78 Å². The van der Waals surface area contributed by atoms with E-state index >= 15 is 0 Å². The largest absolute Gasteiger partial charge is 0.506 e. The molecule has 4 aromatic rings. The second kappa shape index (κ2) is 12.3. The van der Waals surface area contributed by atoms with E-state index in [0.29, 0.717) is 34.2 Å². The van der Waals surface area contributed by atoms with Gasteiger partial charge >= 0.3 is 0 Å². The Bertz CT molecular complexity index is 1960. The highest BCUT2D eigenvalue weighted by Gasteiger charge is 2.31. The number of Topliss-reactive ketones (excluding diaryl/α,β-unsaturated/α-hetero) is 1. The maximum atomic E-state index is 13.4. The highest BCUT2D eigenvalue weighted by atomic mass is 16.5. The van der Waals surface area contributed by atoms with E-state index < -0.39 is 11.5 Å². The third-order valence-corrected chi connectivity index (χ3v) is 7.71. The van der Waals surface area contributed by atoms with E-state index in [1.165, 1.54) is 0 Å². The van der Waals surface area contributed by atoms with Gasteiger partial charge in [0.05, 0.1) is 11.1 Å². The molecule has 0 fully saturated rings. The molecule has 4 aromatic carbocycles. The van der Waals surface area contributed by atoms with Crippen LogP contribution in [0.4, 0.5) is 0 Å². The van der Waals surface area contributed by atoms with Crippen molar-refractivity contribution in [1.29, 1.82) is 0 Å². The Morgan fingerprint density at radius 2 is 0.717 bits per heavy atom. The van der Waals surface area contributed by atoms with Crippen LogP contribution >= 0.6 is 0 Å². The van der Waals surface area contributed by atoms with Crippen LogP contribution < -0.4 is 0 Å². The standard InChI is InChI=1S/C41H28O5/c42-39-33(21-27-23-35(29-13-5-1-6-14-29)45-36(24-27)30-15-7-2-8-16-30)40(43)41(44)34(39)22-28-25-37(31-17-9-3-10-18-31)46-38(26-28)32-19-11-4-12-20-32/h1-26,42H,(H,43,44). The van der Waals surface area contributed by atoms with Gasteiger partial charge in [0, 0.05) is 22.3 Å². The van der Waals surface area contributed by atoms with Crippen LogP contribution in [0.25, 0.3) is 23.0 Å².